The molecule has 1 aromatic rings. The Labute approximate surface area is 77.1 Å². The Bertz CT molecular complexity index is 245. The van der Waals surface area contributed by atoms with Gasteiger partial charge in [0.15, 0.2) is 5.82 Å². The number of aromatic nitrogens is 2. The van der Waals surface area contributed by atoms with Gasteiger partial charge in [-0.3, -0.25) is 0 Å². The summed E-state index contributed by atoms with van der Waals surface area (Å²) in [6.45, 7) is 3.88. The second kappa shape index (κ2) is 3.87. The first-order valence-corrected chi connectivity index (χ1v) is 3.87. The highest BCUT2D eigenvalue weighted by Gasteiger charge is 2.21. The third-order valence-corrected chi connectivity index (χ3v) is 1.95. The second-order valence-corrected chi connectivity index (χ2v) is 2.87. The number of hydrogen-bond acceptors (Lipinski definition) is 4. The van der Waals surface area contributed by atoms with Gasteiger partial charge in [-0.15, -0.1) is 12.4 Å². The number of nitrogens with zero attached hydrogens (tertiary/aromatic N) is 2. The Morgan fingerprint density at radius 3 is 2.92 bits per heavy atom. The van der Waals surface area contributed by atoms with Crippen molar-refractivity contribution in [2.24, 2.45) is 0 Å². The third-order valence-electron chi connectivity index (χ3n) is 1.95. The average molecular weight is 190 g/mol. The van der Waals surface area contributed by atoms with Crippen LogP contribution in [0.3, 0.4) is 0 Å². The molecular formula is C7H12ClN3O. The maximum atomic E-state index is 5.05. The Morgan fingerprint density at radius 1 is 1.58 bits per heavy atom. The first-order chi connectivity index (χ1) is 5.36. The molecule has 0 aromatic carbocycles. The largest absolute Gasteiger partial charge is 0.339 e. The Kier molecular flexibility index (Phi) is 3.05. The number of aryl methyl sites for hydroxylation is 1. The second-order valence-electron chi connectivity index (χ2n) is 2.87. The van der Waals surface area contributed by atoms with Crippen molar-refractivity contribution in [2.45, 2.75) is 19.3 Å². The fraction of sp³-hybridized carbons (Fsp3) is 0.714. The normalized spacial score (nSPS) is 22.2. The Morgan fingerprint density at radius 2 is 2.42 bits per heavy atom. The average Bonchev–Trinajstić information content (AvgIpc) is 2.55. The van der Waals surface area contributed by atoms with E-state index in [1.165, 1.54) is 0 Å². The highest BCUT2D eigenvalue weighted by Crippen LogP contribution is 2.19. The minimum Gasteiger partial charge on any atom is -0.339 e. The molecule has 0 saturated carbocycles. The van der Waals surface area contributed by atoms with Crippen LogP contribution in [-0.2, 0) is 0 Å². The van der Waals surface area contributed by atoms with E-state index >= 15 is 0 Å². The van der Waals surface area contributed by atoms with E-state index in [4.69, 9.17) is 4.52 Å². The molecule has 12 heavy (non-hydrogen) atoms. The summed E-state index contributed by atoms with van der Waals surface area (Å²) in [5.41, 5.74) is 0. The van der Waals surface area contributed by atoms with E-state index in [0.29, 0.717) is 5.92 Å². The molecule has 2 heterocycles. The van der Waals surface area contributed by atoms with Gasteiger partial charge in [-0.2, -0.15) is 4.98 Å². The van der Waals surface area contributed by atoms with Crippen LogP contribution in [-0.4, -0.2) is 23.2 Å². The summed E-state index contributed by atoms with van der Waals surface area (Å²) in [6.07, 6.45) is 1.11. The maximum Gasteiger partial charge on any atom is 0.231 e. The molecule has 1 atom stereocenters. The van der Waals surface area contributed by atoms with Crippen LogP contribution in [0.5, 0.6) is 0 Å². The first-order valence-electron chi connectivity index (χ1n) is 3.87. The third kappa shape index (κ3) is 1.76. The molecule has 0 bridgehead atoms. The minimum atomic E-state index is 0. The van der Waals surface area contributed by atoms with Crippen molar-refractivity contribution in [3.63, 3.8) is 0 Å². The Balaban J connectivity index is 0.000000720. The zero-order valence-electron chi connectivity index (χ0n) is 6.91. The van der Waals surface area contributed by atoms with Gasteiger partial charge in [0.2, 0.25) is 5.89 Å². The van der Waals surface area contributed by atoms with Gasteiger partial charge in [-0.05, 0) is 19.9 Å². The number of rotatable bonds is 1. The molecule has 1 unspecified atom stereocenters. The lowest BCUT2D eigenvalue weighted by Crippen LogP contribution is -2.08. The van der Waals surface area contributed by atoms with Crippen LogP contribution in [0.15, 0.2) is 4.52 Å². The summed E-state index contributed by atoms with van der Waals surface area (Å²) < 4.78 is 5.05. The molecule has 0 amide bonds. The van der Waals surface area contributed by atoms with E-state index in [1.54, 1.807) is 0 Å². The molecule has 0 aliphatic carbocycles. The summed E-state index contributed by atoms with van der Waals surface area (Å²) in [6, 6.07) is 0. The highest BCUT2D eigenvalue weighted by molar-refractivity contribution is 5.85. The number of nitrogens with one attached hydrogen (secondary N) is 1. The van der Waals surface area contributed by atoms with Crippen molar-refractivity contribution >= 4 is 12.4 Å². The Hall–Kier alpha value is -0.610. The van der Waals surface area contributed by atoms with Gasteiger partial charge in [0.25, 0.3) is 0 Å². The quantitative estimate of drug-likeness (QED) is 0.713. The predicted octanol–water partition coefficient (Wildman–Crippen LogP) is 0.877. The summed E-state index contributed by atoms with van der Waals surface area (Å²) in [5, 5.41) is 7.00. The van der Waals surface area contributed by atoms with Crippen molar-refractivity contribution in [3.05, 3.63) is 11.7 Å². The van der Waals surface area contributed by atoms with E-state index in [1.807, 2.05) is 6.92 Å². The van der Waals surface area contributed by atoms with Crippen LogP contribution >= 0.6 is 12.4 Å². The monoisotopic (exact) mass is 189 g/mol. The molecule has 1 aliphatic rings. The molecule has 0 spiro atoms. The summed E-state index contributed by atoms with van der Waals surface area (Å²) in [5.74, 6) is 1.95. The molecular weight excluding hydrogens is 178 g/mol. The molecule has 1 aromatic heterocycles. The van der Waals surface area contributed by atoms with E-state index in [2.05, 4.69) is 15.5 Å². The molecule has 5 heteroatoms. The fourth-order valence-corrected chi connectivity index (χ4v) is 1.34. The van der Waals surface area contributed by atoms with Gasteiger partial charge in [-0.1, -0.05) is 5.16 Å². The van der Waals surface area contributed by atoms with Crippen molar-refractivity contribution < 1.29 is 4.52 Å². The van der Waals surface area contributed by atoms with Gasteiger partial charge in [0.05, 0.1) is 5.92 Å². The lowest BCUT2D eigenvalue weighted by molar-refractivity contribution is 0.356. The van der Waals surface area contributed by atoms with Gasteiger partial charge in [0, 0.05) is 6.54 Å². The molecule has 2 rings (SSSR count). The highest BCUT2D eigenvalue weighted by atomic mass is 35.5. The molecule has 68 valence electrons. The van der Waals surface area contributed by atoms with Gasteiger partial charge in [-0.25, -0.2) is 0 Å². The van der Waals surface area contributed by atoms with E-state index in [9.17, 15) is 0 Å². The maximum absolute atomic E-state index is 5.05. The molecule has 4 nitrogen and oxygen atoms in total. The van der Waals surface area contributed by atoms with Crippen LogP contribution in [0.25, 0.3) is 0 Å². The fourth-order valence-electron chi connectivity index (χ4n) is 1.34. The molecule has 1 aliphatic heterocycles. The lowest BCUT2D eigenvalue weighted by atomic mass is 10.1. The minimum absolute atomic E-state index is 0. The van der Waals surface area contributed by atoms with Gasteiger partial charge in [0.1, 0.15) is 0 Å². The first kappa shape index (κ1) is 9.48. The zero-order valence-corrected chi connectivity index (χ0v) is 7.73. The number of halogens is 1. The van der Waals surface area contributed by atoms with Crippen LogP contribution in [0.2, 0.25) is 0 Å². The summed E-state index contributed by atoms with van der Waals surface area (Å²) >= 11 is 0. The van der Waals surface area contributed by atoms with Crippen LogP contribution in [0.4, 0.5) is 0 Å². The van der Waals surface area contributed by atoms with Gasteiger partial charge < -0.3 is 9.84 Å². The van der Waals surface area contributed by atoms with Gasteiger partial charge >= 0.3 is 0 Å². The predicted molar refractivity (Wildman–Crippen MR) is 46.5 cm³/mol. The van der Waals surface area contributed by atoms with Crippen molar-refractivity contribution in [1.29, 1.82) is 0 Å². The molecule has 1 fully saturated rings. The van der Waals surface area contributed by atoms with Crippen LogP contribution < -0.4 is 5.32 Å². The van der Waals surface area contributed by atoms with Crippen LogP contribution in [0.1, 0.15) is 24.1 Å². The van der Waals surface area contributed by atoms with E-state index in [0.717, 1.165) is 31.2 Å². The summed E-state index contributed by atoms with van der Waals surface area (Å²) in [4.78, 5) is 4.17. The van der Waals surface area contributed by atoms with E-state index < -0.39 is 0 Å². The summed E-state index contributed by atoms with van der Waals surface area (Å²) in [7, 11) is 0. The topological polar surface area (TPSA) is 51.0 Å². The molecule has 1 saturated heterocycles. The van der Waals surface area contributed by atoms with Crippen LogP contribution in [0, 0.1) is 6.92 Å². The SMILES string of the molecule is Cc1noc(C2CCNC2)n1.Cl. The zero-order chi connectivity index (χ0) is 7.68. The molecule has 1 N–H and O–H groups in total. The van der Waals surface area contributed by atoms with Crippen molar-refractivity contribution in [3.8, 4) is 0 Å². The van der Waals surface area contributed by atoms with Crippen molar-refractivity contribution in [2.75, 3.05) is 13.1 Å². The standard InChI is InChI=1S/C7H11N3O.ClH/c1-5-9-7(11-10-5)6-2-3-8-4-6;/h6,8H,2-4H2,1H3;1H. The van der Waals surface area contributed by atoms with E-state index in [-0.39, 0.29) is 12.4 Å². The molecule has 0 radical (unpaired) electrons. The lowest BCUT2D eigenvalue weighted by Gasteiger charge is -1.97. The van der Waals surface area contributed by atoms with Crippen molar-refractivity contribution in [1.82, 2.24) is 15.5 Å². The number of hydrogen-bond donors (Lipinski definition) is 1. The smallest absolute Gasteiger partial charge is 0.231 e.